The number of benzene rings is 3. The number of rotatable bonds is 11. The van der Waals surface area contributed by atoms with Gasteiger partial charge < -0.3 is 26.0 Å². The number of carbonyl (C=O) groups is 4. The number of alkyl halides is 3. The molecule has 4 N–H and O–H groups in total. The van der Waals surface area contributed by atoms with E-state index in [9.17, 15) is 32.3 Å². The molecule has 1 aliphatic heterocycles. The minimum absolute atomic E-state index is 0.0179. The van der Waals surface area contributed by atoms with E-state index in [-0.39, 0.29) is 50.2 Å². The molecule has 4 rings (SSSR count). The number of nitrogens with two attached hydrogens (primary N) is 1. The minimum atomic E-state index is -4.99. The van der Waals surface area contributed by atoms with Gasteiger partial charge in [0.15, 0.2) is 11.5 Å². The van der Waals surface area contributed by atoms with Crippen molar-refractivity contribution >= 4 is 29.2 Å². The predicted octanol–water partition coefficient (Wildman–Crippen LogP) is 4.28. The second-order valence-electron chi connectivity index (χ2n) is 10.5. The highest BCUT2D eigenvalue weighted by molar-refractivity contribution is 6.00. The van der Waals surface area contributed by atoms with Gasteiger partial charge in [-0.3, -0.25) is 19.2 Å². The molecule has 3 aromatic rings. The number of nitrogens with one attached hydrogen (secondary N) is 2. The maximum absolute atomic E-state index is 13.7. The number of hydrogen-bond acceptors (Lipinski definition) is 6. The van der Waals surface area contributed by atoms with Gasteiger partial charge >= 0.3 is 6.36 Å². The number of fused-ring (bicyclic) bond motifs is 1. The van der Waals surface area contributed by atoms with E-state index in [1.54, 1.807) is 37.3 Å². The molecule has 0 bridgehead atoms. The third-order valence-corrected chi connectivity index (χ3v) is 7.24. The molecule has 0 spiro atoms. The van der Waals surface area contributed by atoms with Crippen LogP contribution in [0.5, 0.6) is 5.75 Å². The van der Waals surface area contributed by atoms with Gasteiger partial charge in [-0.15, -0.1) is 13.2 Å². The predicted molar refractivity (Wildman–Crippen MR) is 157 cm³/mol. The third kappa shape index (κ3) is 8.44. The molecule has 2 atom stereocenters. The zero-order valence-corrected chi connectivity index (χ0v) is 24.0. The van der Waals surface area contributed by atoms with Gasteiger partial charge in [0.25, 0.3) is 0 Å². The van der Waals surface area contributed by atoms with Gasteiger partial charge in [-0.05, 0) is 48.7 Å². The molecule has 0 radical (unpaired) electrons. The molecule has 0 aromatic heterocycles. The average Bonchev–Trinajstić information content (AvgIpc) is 2.99. The van der Waals surface area contributed by atoms with Crippen LogP contribution < -0.4 is 21.1 Å². The third-order valence-electron chi connectivity index (χ3n) is 7.24. The van der Waals surface area contributed by atoms with Crippen molar-refractivity contribution in [3.8, 4) is 5.75 Å². The van der Waals surface area contributed by atoms with Crippen LogP contribution in [0.15, 0.2) is 72.8 Å². The maximum atomic E-state index is 13.7. The van der Waals surface area contributed by atoms with Crippen LogP contribution in [0.25, 0.3) is 0 Å². The van der Waals surface area contributed by atoms with Crippen molar-refractivity contribution in [3.63, 3.8) is 0 Å². The number of amides is 3. The Labute approximate surface area is 252 Å². The van der Waals surface area contributed by atoms with Crippen molar-refractivity contribution in [1.82, 2.24) is 10.2 Å². The van der Waals surface area contributed by atoms with Gasteiger partial charge in [-0.25, -0.2) is 0 Å². The van der Waals surface area contributed by atoms with E-state index in [0.29, 0.717) is 11.1 Å². The quantitative estimate of drug-likeness (QED) is 0.278. The number of anilines is 1. The van der Waals surface area contributed by atoms with Crippen LogP contribution in [0.4, 0.5) is 18.9 Å². The molecule has 0 aliphatic carbocycles. The summed E-state index contributed by atoms with van der Waals surface area (Å²) in [6.45, 7) is 1.68. The first-order valence-electron chi connectivity index (χ1n) is 14.1. The SMILES string of the molecule is Cc1ccc(NC(=O)[C@H](CCN)NC(=O)[C@@H]2Cc3ccccc3CN2C(=O)CCC(=O)c2ccccc2)c(OC(F)(F)F)c1. The summed E-state index contributed by atoms with van der Waals surface area (Å²) in [4.78, 5) is 54.3. The van der Waals surface area contributed by atoms with E-state index in [4.69, 9.17) is 5.73 Å². The Morgan fingerprint density at radius 2 is 1.66 bits per heavy atom. The van der Waals surface area contributed by atoms with Crippen LogP contribution >= 0.6 is 0 Å². The summed E-state index contributed by atoms with van der Waals surface area (Å²) in [6.07, 6.45) is -5.02. The lowest BCUT2D eigenvalue weighted by molar-refractivity contribution is -0.274. The molecule has 12 heteroatoms. The Hall–Kier alpha value is -4.71. The Kier molecular flexibility index (Phi) is 10.4. The number of halogens is 3. The zero-order chi connectivity index (χ0) is 31.9. The fraction of sp³-hybridized carbons (Fsp3) is 0.312. The first-order chi connectivity index (χ1) is 20.9. The van der Waals surface area contributed by atoms with Crippen molar-refractivity contribution in [2.45, 2.75) is 57.6 Å². The lowest BCUT2D eigenvalue weighted by Crippen LogP contribution is -2.56. The maximum Gasteiger partial charge on any atom is 0.573 e. The Balaban J connectivity index is 1.51. The largest absolute Gasteiger partial charge is 0.573 e. The lowest BCUT2D eigenvalue weighted by Gasteiger charge is -2.36. The van der Waals surface area contributed by atoms with Gasteiger partial charge in [0, 0.05) is 31.4 Å². The van der Waals surface area contributed by atoms with Crippen LogP contribution in [-0.2, 0) is 27.3 Å². The molecule has 3 aromatic carbocycles. The van der Waals surface area contributed by atoms with E-state index in [0.717, 1.165) is 17.2 Å². The first-order valence-corrected chi connectivity index (χ1v) is 14.1. The molecule has 0 saturated carbocycles. The standard InChI is InChI=1S/C32H33F3N4O5/c1-20-11-12-24(28(17-20)44-32(33,34)35)37-30(42)25(15-16-36)38-31(43)26-18-22-9-5-6-10-23(22)19-39(26)29(41)14-13-27(40)21-7-3-2-4-8-21/h2-12,17,25-26H,13-16,18-19,36H2,1H3,(H,37,42)(H,38,43)/t25-,26-/m0/s1. The summed E-state index contributed by atoms with van der Waals surface area (Å²) < 4.78 is 43.0. The van der Waals surface area contributed by atoms with E-state index in [1.807, 2.05) is 24.3 Å². The highest BCUT2D eigenvalue weighted by Crippen LogP contribution is 2.31. The second kappa shape index (κ2) is 14.2. The van der Waals surface area contributed by atoms with Crippen LogP contribution in [0.1, 0.15) is 46.3 Å². The summed E-state index contributed by atoms with van der Waals surface area (Å²) in [6, 6.07) is 17.6. The molecular formula is C32H33F3N4O5. The van der Waals surface area contributed by atoms with Crippen LogP contribution in [0.2, 0.25) is 0 Å². The molecule has 232 valence electrons. The number of ether oxygens (including phenoxy) is 1. The van der Waals surface area contributed by atoms with Crippen molar-refractivity contribution in [2.75, 3.05) is 11.9 Å². The summed E-state index contributed by atoms with van der Waals surface area (Å²) in [5.41, 5.74) is 8.12. The van der Waals surface area contributed by atoms with Gasteiger partial charge in [0.1, 0.15) is 12.1 Å². The Morgan fingerprint density at radius 3 is 2.34 bits per heavy atom. The number of Topliss-reactive ketones (excluding diaryl/α,β-unsaturated/α-hetero) is 1. The minimum Gasteiger partial charge on any atom is -0.404 e. The van der Waals surface area contributed by atoms with Crippen LogP contribution in [0, 0.1) is 6.92 Å². The first kappa shape index (κ1) is 32.2. The molecule has 9 nitrogen and oxygen atoms in total. The molecule has 0 fully saturated rings. The molecule has 1 aliphatic rings. The molecule has 1 heterocycles. The van der Waals surface area contributed by atoms with Crippen LogP contribution in [-0.4, -0.2) is 53.4 Å². The van der Waals surface area contributed by atoms with Crippen molar-refractivity contribution in [3.05, 3.63) is 95.1 Å². The molecule has 3 amide bonds. The molecular weight excluding hydrogens is 577 g/mol. The molecule has 0 saturated heterocycles. The summed E-state index contributed by atoms with van der Waals surface area (Å²) >= 11 is 0. The second-order valence-corrected chi connectivity index (χ2v) is 10.5. The lowest BCUT2D eigenvalue weighted by atomic mass is 9.92. The number of ketones is 1. The highest BCUT2D eigenvalue weighted by atomic mass is 19.4. The summed E-state index contributed by atoms with van der Waals surface area (Å²) in [7, 11) is 0. The van der Waals surface area contributed by atoms with Crippen molar-refractivity contribution < 1.29 is 37.1 Å². The Bertz CT molecular complexity index is 1510. The summed E-state index contributed by atoms with van der Waals surface area (Å²) in [5.74, 6) is -2.65. The van der Waals surface area contributed by atoms with E-state index >= 15 is 0 Å². The highest BCUT2D eigenvalue weighted by Gasteiger charge is 2.37. The molecule has 44 heavy (non-hydrogen) atoms. The van der Waals surface area contributed by atoms with E-state index < -0.39 is 41.9 Å². The van der Waals surface area contributed by atoms with Crippen molar-refractivity contribution in [1.29, 1.82) is 0 Å². The van der Waals surface area contributed by atoms with Gasteiger partial charge in [0.2, 0.25) is 17.7 Å². The topological polar surface area (TPSA) is 131 Å². The Morgan fingerprint density at radius 1 is 0.977 bits per heavy atom. The van der Waals surface area contributed by atoms with Gasteiger partial charge in [-0.1, -0.05) is 60.7 Å². The van der Waals surface area contributed by atoms with Crippen molar-refractivity contribution in [2.24, 2.45) is 5.73 Å². The normalized spacial score (nSPS) is 15.1. The number of nitrogens with zero attached hydrogens (tertiary/aromatic N) is 1. The smallest absolute Gasteiger partial charge is 0.404 e. The van der Waals surface area contributed by atoms with E-state index in [2.05, 4.69) is 15.4 Å². The molecule has 0 unspecified atom stereocenters. The number of hydrogen-bond donors (Lipinski definition) is 3. The number of carbonyl (C=O) groups excluding carboxylic acids is 4. The van der Waals surface area contributed by atoms with E-state index in [1.165, 1.54) is 17.0 Å². The number of aryl methyl sites for hydroxylation is 1. The fourth-order valence-corrected chi connectivity index (χ4v) is 5.02. The monoisotopic (exact) mass is 610 g/mol. The average molecular weight is 611 g/mol. The van der Waals surface area contributed by atoms with Gasteiger partial charge in [0.05, 0.1) is 5.69 Å². The van der Waals surface area contributed by atoms with Crippen LogP contribution in [0.3, 0.4) is 0 Å². The fourth-order valence-electron chi connectivity index (χ4n) is 5.02. The zero-order valence-electron chi connectivity index (χ0n) is 24.0. The van der Waals surface area contributed by atoms with Gasteiger partial charge in [-0.2, -0.15) is 0 Å². The summed E-state index contributed by atoms with van der Waals surface area (Å²) in [5, 5.41) is 5.04.